The molecule has 1 aromatic rings. The molecule has 0 amide bonds. The van der Waals surface area contributed by atoms with Gasteiger partial charge in [-0.15, -0.1) is 0 Å². The standard InChI is InChI=1S/C13H17IO3/c1-13(2,3)17-11-6-4-9(8-10(11)14)5-7-12(15)16/h4,6,8H,5,7H2,1-3H3,(H,15,16). The van der Waals surface area contributed by atoms with Crippen LogP contribution < -0.4 is 4.74 Å². The molecule has 3 nitrogen and oxygen atoms in total. The average Bonchev–Trinajstić information content (AvgIpc) is 2.17. The molecule has 1 aromatic carbocycles. The highest BCUT2D eigenvalue weighted by Crippen LogP contribution is 2.26. The summed E-state index contributed by atoms with van der Waals surface area (Å²) in [6, 6.07) is 5.81. The molecule has 0 radical (unpaired) electrons. The Labute approximate surface area is 115 Å². The van der Waals surface area contributed by atoms with Gasteiger partial charge in [-0.1, -0.05) is 6.07 Å². The Morgan fingerprint density at radius 1 is 1.41 bits per heavy atom. The van der Waals surface area contributed by atoms with E-state index in [9.17, 15) is 4.79 Å². The number of hydrogen-bond acceptors (Lipinski definition) is 2. The van der Waals surface area contributed by atoms with E-state index in [-0.39, 0.29) is 12.0 Å². The number of aryl methyl sites for hydroxylation is 1. The lowest BCUT2D eigenvalue weighted by molar-refractivity contribution is -0.136. The summed E-state index contributed by atoms with van der Waals surface area (Å²) in [6.45, 7) is 6.00. The molecule has 0 unspecified atom stereocenters. The van der Waals surface area contributed by atoms with Crippen molar-refractivity contribution in [1.82, 2.24) is 0 Å². The fourth-order valence-corrected chi connectivity index (χ4v) is 2.05. The molecule has 1 N–H and O–H groups in total. The Hall–Kier alpha value is -0.780. The molecule has 0 aliphatic carbocycles. The van der Waals surface area contributed by atoms with Gasteiger partial charge in [-0.3, -0.25) is 4.79 Å². The smallest absolute Gasteiger partial charge is 0.303 e. The Bertz CT molecular complexity index is 408. The molecule has 0 aliphatic rings. The van der Waals surface area contributed by atoms with Gasteiger partial charge in [0.25, 0.3) is 0 Å². The Morgan fingerprint density at radius 3 is 2.53 bits per heavy atom. The maximum Gasteiger partial charge on any atom is 0.303 e. The second-order valence-corrected chi connectivity index (χ2v) is 6.04. The number of halogens is 1. The summed E-state index contributed by atoms with van der Waals surface area (Å²) in [7, 11) is 0. The lowest BCUT2D eigenvalue weighted by Gasteiger charge is -2.22. The highest BCUT2D eigenvalue weighted by Gasteiger charge is 2.14. The van der Waals surface area contributed by atoms with Crippen LogP contribution in [0, 0.1) is 3.57 Å². The lowest BCUT2D eigenvalue weighted by Crippen LogP contribution is -2.23. The highest BCUT2D eigenvalue weighted by molar-refractivity contribution is 14.1. The zero-order valence-electron chi connectivity index (χ0n) is 10.3. The molecule has 0 saturated carbocycles. The van der Waals surface area contributed by atoms with Crippen LogP contribution in [0.15, 0.2) is 18.2 Å². The number of carboxylic acid groups (broad SMARTS) is 1. The van der Waals surface area contributed by atoms with E-state index >= 15 is 0 Å². The van der Waals surface area contributed by atoms with E-state index in [1.165, 1.54) is 0 Å². The summed E-state index contributed by atoms with van der Waals surface area (Å²) < 4.78 is 6.80. The molecule has 4 heteroatoms. The zero-order valence-corrected chi connectivity index (χ0v) is 12.4. The van der Waals surface area contributed by atoms with Crippen molar-refractivity contribution in [1.29, 1.82) is 0 Å². The molecular formula is C13H17IO3. The largest absolute Gasteiger partial charge is 0.487 e. The van der Waals surface area contributed by atoms with Gasteiger partial charge in [0.2, 0.25) is 0 Å². The molecule has 0 fully saturated rings. The SMILES string of the molecule is CC(C)(C)Oc1ccc(CCC(=O)O)cc1I. The van der Waals surface area contributed by atoms with Gasteiger partial charge in [0, 0.05) is 6.42 Å². The maximum absolute atomic E-state index is 10.5. The summed E-state index contributed by atoms with van der Waals surface area (Å²) in [5, 5.41) is 8.62. The Morgan fingerprint density at radius 2 is 2.06 bits per heavy atom. The highest BCUT2D eigenvalue weighted by atomic mass is 127. The number of hydrogen-bond donors (Lipinski definition) is 1. The maximum atomic E-state index is 10.5. The third-order valence-electron chi connectivity index (χ3n) is 2.04. The molecular weight excluding hydrogens is 331 g/mol. The van der Waals surface area contributed by atoms with E-state index in [1.54, 1.807) is 0 Å². The minimum Gasteiger partial charge on any atom is -0.487 e. The van der Waals surface area contributed by atoms with Gasteiger partial charge in [0.05, 0.1) is 3.57 Å². The van der Waals surface area contributed by atoms with Crippen LogP contribution >= 0.6 is 22.6 Å². The summed E-state index contributed by atoms with van der Waals surface area (Å²) in [5.41, 5.74) is 0.806. The van der Waals surface area contributed by atoms with Gasteiger partial charge in [0.15, 0.2) is 0 Å². The minimum absolute atomic E-state index is 0.162. The van der Waals surface area contributed by atoms with Crippen LogP contribution in [0.25, 0.3) is 0 Å². The first-order valence-corrected chi connectivity index (χ1v) is 6.55. The van der Waals surface area contributed by atoms with Gasteiger partial charge in [-0.25, -0.2) is 0 Å². The van der Waals surface area contributed by atoms with Gasteiger partial charge in [-0.2, -0.15) is 0 Å². The van der Waals surface area contributed by atoms with E-state index in [4.69, 9.17) is 9.84 Å². The molecule has 1 rings (SSSR count). The number of benzene rings is 1. The van der Waals surface area contributed by atoms with Crippen molar-refractivity contribution in [2.75, 3.05) is 0 Å². The van der Waals surface area contributed by atoms with E-state index in [0.717, 1.165) is 14.9 Å². The van der Waals surface area contributed by atoms with Crippen LogP contribution in [-0.2, 0) is 11.2 Å². The van der Waals surface area contributed by atoms with Crippen LogP contribution in [0.2, 0.25) is 0 Å². The van der Waals surface area contributed by atoms with E-state index in [2.05, 4.69) is 22.6 Å². The summed E-state index contributed by atoms with van der Waals surface area (Å²) in [6.07, 6.45) is 0.719. The van der Waals surface area contributed by atoms with E-state index < -0.39 is 5.97 Å². The minimum atomic E-state index is -0.768. The quantitative estimate of drug-likeness (QED) is 0.848. The third-order valence-corrected chi connectivity index (χ3v) is 2.88. The second-order valence-electron chi connectivity index (χ2n) is 4.87. The number of rotatable bonds is 4. The van der Waals surface area contributed by atoms with Crippen molar-refractivity contribution >= 4 is 28.6 Å². The van der Waals surface area contributed by atoms with Crippen molar-refractivity contribution < 1.29 is 14.6 Å². The van der Waals surface area contributed by atoms with Gasteiger partial charge in [0.1, 0.15) is 11.4 Å². The Kier molecular flexibility index (Phi) is 4.80. The topological polar surface area (TPSA) is 46.5 Å². The molecule has 94 valence electrons. The number of carbonyl (C=O) groups is 1. The van der Waals surface area contributed by atoms with Crippen LogP contribution in [0.4, 0.5) is 0 Å². The van der Waals surface area contributed by atoms with Crippen LogP contribution in [0.1, 0.15) is 32.8 Å². The predicted octanol–water partition coefficient (Wildman–Crippen LogP) is 3.49. The number of carboxylic acids is 1. The fraction of sp³-hybridized carbons (Fsp3) is 0.462. The van der Waals surface area contributed by atoms with Crippen molar-refractivity contribution in [3.63, 3.8) is 0 Å². The normalized spacial score (nSPS) is 11.3. The second kappa shape index (κ2) is 5.71. The van der Waals surface area contributed by atoms with Crippen molar-refractivity contribution in [2.24, 2.45) is 0 Å². The molecule has 0 saturated heterocycles. The molecule has 0 spiro atoms. The monoisotopic (exact) mass is 348 g/mol. The van der Waals surface area contributed by atoms with Crippen LogP contribution in [0.3, 0.4) is 0 Å². The fourth-order valence-electron chi connectivity index (χ4n) is 1.36. The first-order chi connectivity index (χ1) is 7.78. The number of aliphatic carboxylic acids is 1. The summed E-state index contributed by atoms with van der Waals surface area (Å²) in [5.74, 6) is 0.0761. The molecule has 0 bridgehead atoms. The summed E-state index contributed by atoms with van der Waals surface area (Å²) >= 11 is 2.21. The predicted molar refractivity (Wildman–Crippen MR) is 75.5 cm³/mol. The average molecular weight is 348 g/mol. The molecule has 0 aromatic heterocycles. The first-order valence-electron chi connectivity index (χ1n) is 5.47. The lowest BCUT2D eigenvalue weighted by atomic mass is 10.1. The van der Waals surface area contributed by atoms with Gasteiger partial charge >= 0.3 is 5.97 Å². The molecule has 17 heavy (non-hydrogen) atoms. The van der Waals surface area contributed by atoms with Crippen molar-refractivity contribution in [2.45, 2.75) is 39.2 Å². The van der Waals surface area contributed by atoms with E-state index in [0.29, 0.717) is 6.42 Å². The van der Waals surface area contributed by atoms with Crippen molar-refractivity contribution in [3.8, 4) is 5.75 Å². The molecule has 0 heterocycles. The van der Waals surface area contributed by atoms with Gasteiger partial charge < -0.3 is 9.84 Å². The molecule has 0 aliphatic heterocycles. The van der Waals surface area contributed by atoms with E-state index in [1.807, 2.05) is 39.0 Å². The first kappa shape index (κ1) is 14.3. The summed E-state index contributed by atoms with van der Waals surface area (Å²) in [4.78, 5) is 10.5. The zero-order chi connectivity index (χ0) is 13.1. The van der Waals surface area contributed by atoms with Gasteiger partial charge in [-0.05, 0) is 67.5 Å². The van der Waals surface area contributed by atoms with Crippen LogP contribution in [0.5, 0.6) is 5.75 Å². The molecule has 0 atom stereocenters. The third kappa shape index (κ3) is 5.39. The van der Waals surface area contributed by atoms with Crippen molar-refractivity contribution in [3.05, 3.63) is 27.3 Å². The number of ether oxygens (including phenoxy) is 1. The Balaban J connectivity index is 2.76. The van der Waals surface area contributed by atoms with Crippen LogP contribution in [-0.4, -0.2) is 16.7 Å².